The molecule has 2 aromatic rings. The predicted molar refractivity (Wildman–Crippen MR) is 112 cm³/mol. The Labute approximate surface area is 170 Å². The minimum atomic E-state index is -0.345. The van der Waals surface area contributed by atoms with Crippen molar-refractivity contribution in [2.75, 3.05) is 46.4 Å². The summed E-state index contributed by atoms with van der Waals surface area (Å²) in [5.41, 5.74) is 3.56. The average Bonchev–Trinajstić information content (AvgIpc) is 2.71. The molecule has 1 heterocycles. The zero-order valence-electron chi connectivity index (χ0n) is 17.4. The maximum Gasteiger partial charge on any atom is 0.303 e. The molecule has 0 bridgehead atoms. The van der Waals surface area contributed by atoms with Crippen molar-refractivity contribution in [3.63, 3.8) is 0 Å². The fourth-order valence-corrected chi connectivity index (χ4v) is 3.52. The molecule has 7 heteroatoms. The van der Waals surface area contributed by atoms with Crippen LogP contribution in [-0.2, 0) is 9.53 Å². The summed E-state index contributed by atoms with van der Waals surface area (Å²) in [6.45, 7) is 2.32. The van der Waals surface area contributed by atoms with Gasteiger partial charge in [0.15, 0.2) is 11.5 Å². The van der Waals surface area contributed by atoms with Gasteiger partial charge in [0.25, 0.3) is 0 Å². The Bertz CT molecular complexity index is 900. The third-order valence-electron chi connectivity index (χ3n) is 4.77. The summed E-state index contributed by atoms with van der Waals surface area (Å²) in [7, 11) is 6.72. The number of hydrogen-bond acceptors (Lipinski definition) is 7. The molecule has 0 spiro atoms. The SMILES string of the molecule is COc1cc(C2=NCC(OC(C)=O)CN(C)c3ccccc32)cc(OC)c1OC. The maximum atomic E-state index is 11.5. The number of carbonyl (C=O) groups excluding carboxylic acids is 1. The van der Waals surface area contributed by atoms with Crippen LogP contribution in [0.15, 0.2) is 41.4 Å². The quantitative estimate of drug-likeness (QED) is 0.722. The van der Waals surface area contributed by atoms with Gasteiger partial charge in [0.05, 0.1) is 40.1 Å². The summed E-state index contributed by atoms with van der Waals surface area (Å²) < 4.78 is 21.9. The molecule has 154 valence electrons. The Morgan fingerprint density at radius 3 is 2.31 bits per heavy atom. The summed E-state index contributed by atoms with van der Waals surface area (Å²) in [6, 6.07) is 11.8. The lowest BCUT2D eigenvalue weighted by Gasteiger charge is -2.29. The van der Waals surface area contributed by atoms with Gasteiger partial charge >= 0.3 is 5.97 Å². The molecular formula is C22H26N2O5. The Morgan fingerprint density at radius 1 is 1.07 bits per heavy atom. The molecular weight excluding hydrogens is 372 g/mol. The van der Waals surface area contributed by atoms with Gasteiger partial charge in [-0.2, -0.15) is 0 Å². The monoisotopic (exact) mass is 398 g/mol. The molecule has 0 saturated carbocycles. The van der Waals surface area contributed by atoms with Crippen LogP contribution in [0.4, 0.5) is 5.69 Å². The van der Waals surface area contributed by atoms with Crippen molar-refractivity contribution >= 4 is 17.4 Å². The van der Waals surface area contributed by atoms with E-state index in [-0.39, 0.29) is 12.1 Å². The number of anilines is 1. The van der Waals surface area contributed by atoms with Crippen LogP contribution in [0, 0.1) is 0 Å². The van der Waals surface area contributed by atoms with Crippen molar-refractivity contribution in [2.45, 2.75) is 13.0 Å². The van der Waals surface area contributed by atoms with Gasteiger partial charge in [-0.25, -0.2) is 0 Å². The molecule has 2 aromatic carbocycles. The second-order valence-electron chi connectivity index (χ2n) is 6.73. The first kappa shape index (κ1) is 20.5. The number of fused-ring (bicyclic) bond motifs is 1. The van der Waals surface area contributed by atoms with E-state index in [4.69, 9.17) is 23.9 Å². The molecule has 0 fully saturated rings. The fourth-order valence-electron chi connectivity index (χ4n) is 3.52. The number of carbonyl (C=O) groups is 1. The second-order valence-corrected chi connectivity index (χ2v) is 6.73. The van der Waals surface area contributed by atoms with E-state index in [2.05, 4.69) is 4.90 Å². The first-order valence-corrected chi connectivity index (χ1v) is 9.31. The number of methoxy groups -OCH3 is 3. The second kappa shape index (κ2) is 8.86. The zero-order chi connectivity index (χ0) is 21.0. The zero-order valence-corrected chi connectivity index (χ0v) is 17.4. The minimum Gasteiger partial charge on any atom is -0.493 e. The summed E-state index contributed by atoms with van der Waals surface area (Å²) in [6.07, 6.45) is -0.345. The topological polar surface area (TPSA) is 69.6 Å². The first-order valence-electron chi connectivity index (χ1n) is 9.31. The molecule has 0 radical (unpaired) electrons. The maximum absolute atomic E-state index is 11.5. The Kier molecular flexibility index (Phi) is 6.26. The van der Waals surface area contributed by atoms with Gasteiger partial charge < -0.3 is 23.8 Å². The number of aliphatic imine (C=N–C) groups is 1. The molecule has 1 aliphatic heterocycles. The van der Waals surface area contributed by atoms with Gasteiger partial charge in [0.2, 0.25) is 5.75 Å². The standard InChI is InChI=1S/C22H26N2O5/c1-14(25)29-16-12-23-21(17-8-6-7-9-18(17)24(2)13-16)15-10-19(26-3)22(28-5)20(11-15)27-4/h6-11,16H,12-13H2,1-5H3. The van der Waals surface area contributed by atoms with Crippen LogP contribution in [0.2, 0.25) is 0 Å². The molecule has 0 saturated heterocycles. The predicted octanol–water partition coefficient (Wildman–Crippen LogP) is 2.93. The molecule has 1 atom stereocenters. The van der Waals surface area contributed by atoms with Crippen LogP contribution in [0.3, 0.4) is 0 Å². The number of likely N-dealkylation sites (N-methyl/N-ethyl adjacent to an activating group) is 1. The Hall–Kier alpha value is -3.22. The highest BCUT2D eigenvalue weighted by Gasteiger charge is 2.24. The first-order chi connectivity index (χ1) is 14.0. The van der Waals surface area contributed by atoms with Crippen molar-refractivity contribution in [1.82, 2.24) is 0 Å². The number of nitrogens with zero attached hydrogens (tertiary/aromatic N) is 2. The van der Waals surface area contributed by atoms with Crippen LogP contribution in [0.1, 0.15) is 18.1 Å². The minimum absolute atomic E-state index is 0.318. The van der Waals surface area contributed by atoms with E-state index in [1.54, 1.807) is 21.3 Å². The summed E-state index contributed by atoms with van der Waals surface area (Å²) >= 11 is 0. The molecule has 0 N–H and O–H groups in total. The van der Waals surface area contributed by atoms with Crippen LogP contribution in [0.25, 0.3) is 0 Å². The number of benzene rings is 2. The number of esters is 1. The highest BCUT2D eigenvalue weighted by Crippen LogP contribution is 2.39. The van der Waals surface area contributed by atoms with E-state index in [0.717, 1.165) is 22.5 Å². The number of rotatable bonds is 5. The van der Waals surface area contributed by atoms with E-state index < -0.39 is 0 Å². The molecule has 7 nitrogen and oxygen atoms in total. The van der Waals surface area contributed by atoms with Gasteiger partial charge in [-0.05, 0) is 18.2 Å². The van der Waals surface area contributed by atoms with Crippen LogP contribution >= 0.6 is 0 Å². The highest BCUT2D eigenvalue weighted by molar-refractivity contribution is 6.16. The van der Waals surface area contributed by atoms with Crippen molar-refractivity contribution in [3.05, 3.63) is 47.5 Å². The third kappa shape index (κ3) is 4.29. The van der Waals surface area contributed by atoms with Crippen molar-refractivity contribution in [2.24, 2.45) is 4.99 Å². The van der Waals surface area contributed by atoms with E-state index in [9.17, 15) is 4.79 Å². The van der Waals surface area contributed by atoms with E-state index in [0.29, 0.717) is 30.3 Å². The molecule has 0 amide bonds. The van der Waals surface area contributed by atoms with E-state index in [1.165, 1.54) is 6.92 Å². The number of hydrogen-bond donors (Lipinski definition) is 0. The molecule has 1 unspecified atom stereocenters. The molecule has 29 heavy (non-hydrogen) atoms. The molecule has 3 rings (SSSR count). The lowest BCUT2D eigenvalue weighted by atomic mass is 9.98. The van der Waals surface area contributed by atoms with Crippen molar-refractivity contribution in [1.29, 1.82) is 0 Å². The highest BCUT2D eigenvalue weighted by atomic mass is 16.5. The largest absolute Gasteiger partial charge is 0.493 e. The lowest BCUT2D eigenvalue weighted by Crippen LogP contribution is -2.36. The fraction of sp³-hybridized carbons (Fsp3) is 0.364. The Morgan fingerprint density at radius 2 is 1.72 bits per heavy atom. The lowest BCUT2D eigenvalue weighted by molar-refractivity contribution is -0.145. The molecule has 0 aromatic heterocycles. The van der Waals surface area contributed by atoms with Crippen molar-refractivity contribution < 1.29 is 23.7 Å². The van der Waals surface area contributed by atoms with Crippen LogP contribution < -0.4 is 19.1 Å². The van der Waals surface area contributed by atoms with Gasteiger partial charge in [-0.1, -0.05) is 18.2 Å². The van der Waals surface area contributed by atoms with Gasteiger partial charge in [0, 0.05) is 30.8 Å². The smallest absolute Gasteiger partial charge is 0.303 e. The Balaban J connectivity index is 2.17. The van der Waals surface area contributed by atoms with Gasteiger partial charge in [0.1, 0.15) is 6.10 Å². The third-order valence-corrected chi connectivity index (χ3v) is 4.77. The summed E-state index contributed by atoms with van der Waals surface area (Å²) in [5.74, 6) is 1.30. The summed E-state index contributed by atoms with van der Waals surface area (Å²) in [5, 5.41) is 0. The average molecular weight is 398 g/mol. The number of para-hydroxylation sites is 1. The van der Waals surface area contributed by atoms with Gasteiger partial charge in [-0.3, -0.25) is 9.79 Å². The summed E-state index contributed by atoms with van der Waals surface area (Å²) in [4.78, 5) is 18.4. The number of ether oxygens (including phenoxy) is 4. The van der Waals surface area contributed by atoms with Crippen LogP contribution in [-0.4, -0.2) is 59.3 Å². The normalized spacial score (nSPS) is 16.1. The molecule has 1 aliphatic rings. The van der Waals surface area contributed by atoms with Crippen LogP contribution in [0.5, 0.6) is 17.2 Å². The van der Waals surface area contributed by atoms with Crippen molar-refractivity contribution in [3.8, 4) is 17.2 Å². The van der Waals surface area contributed by atoms with Gasteiger partial charge in [-0.15, -0.1) is 0 Å². The van der Waals surface area contributed by atoms with E-state index in [1.807, 2.05) is 43.4 Å². The molecule has 0 aliphatic carbocycles. The van der Waals surface area contributed by atoms with E-state index >= 15 is 0 Å².